The largest absolute Gasteiger partial charge is 0.494 e. The Labute approximate surface area is 182 Å². The summed E-state index contributed by atoms with van der Waals surface area (Å²) in [5.74, 6) is 0.668. The zero-order chi connectivity index (χ0) is 20.5. The molecule has 3 aromatic heterocycles. The maximum atomic E-state index is 13.4. The van der Waals surface area contributed by atoms with Crippen molar-refractivity contribution in [2.45, 2.75) is 6.43 Å². The molecule has 0 amide bonds. The smallest absolute Gasteiger partial charge is 0.295 e. The molecule has 0 aliphatic rings. The average molecular weight is 550 g/mol. The molecule has 4 aromatic rings. The summed E-state index contributed by atoms with van der Waals surface area (Å²) in [6.45, 7) is 0. The van der Waals surface area contributed by atoms with Crippen LogP contribution in [0.2, 0.25) is 5.15 Å². The van der Waals surface area contributed by atoms with E-state index in [0.29, 0.717) is 34.0 Å². The maximum absolute atomic E-state index is 13.4. The second-order valence-corrected chi connectivity index (χ2v) is 8.15. The first-order valence-electron chi connectivity index (χ1n) is 8.07. The first kappa shape index (κ1) is 20.2. The van der Waals surface area contributed by atoms with E-state index in [9.17, 15) is 8.78 Å². The number of alkyl halides is 2. The van der Waals surface area contributed by atoms with Gasteiger partial charge in [-0.1, -0.05) is 17.7 Å². The predicted molar refractivity (Wildman–Crippen MR) is 117 cm³/mol. The SMILES string of the molecule is COc1c(Nc2cc(Cl)nc3c2nc(C(F)F)n3PI)cccc1-c1ncn[nH]1. The van der Waals surface area contributed by atoms with E-state index in [1.165, 1.54) is 23.8 Å². The molecule has 8 nitrogen and oxygen atoms in total. The fraction of sp³-hybridized carbons (Fsp3) is 0.125. The number of hydrogen-bond acceptors (Lipinski definition) is 6. The molecule has 0 aliphatic heterocycles. The number of nitrogens with one attached hydrogen (secondary N) is 2. The number of fused-ring (bicyclic) bond motifs is 1. The number of H-pyrrole nitrogens is 1. The molecule has 1 aromatic carbocycles. The number of benzene rings is 1. The Morgan fingerprint density at radius 3 is 2.79 bits per heavy atom. The predicted octanol–water partition coefficient (Wildman–Crippen LogP) is 5.35. The third-order valence-electron chi connectivity index (χ3n) is 4.05. The first-order valence-corrected chi connectivity index (χ1v) is 12.5. The van der Waals surface area contributed by atoms with Crippen LogP contribution in [0.5, 0.6) is 5.75 Å². The minimum Gasteiger partial charge on any atom is -0.494 e. The number of aromatic nitrogens is 6. The molecule has 1 atom stereocenters. The van der Waals surface area contributed by atoms with Gasteiger partial charge in [0.05, 0.1) is 30.4 Å². The Hall–Kier alpha value is -2.11. The summed E-state index contributed by atoms with van der Waals surface area (Å²) in [6, 6.07) is 6.94. The van der Waals surface area contributed by atoms with Gasteiger partial charge in [0.15, 0.2) is 23.0 Å². The third kappa shape index (κ3) is 3.74. The standard InChI is InChI=1S/C16H12ClF2IN7OP/c1-28-12-7(14-21-6-22-26-14)3-2-4-8(12)23-9-5-10(17)24-15-11(9)25-16(13(18)19)27(15)29-20/h2-6,13,29H,1H3,(H,23,24)(H,21,22,26). The Balaban J connectivity index is 1.86. The van der Waals surface area contributed by atoms with E-state index in [-0.39, 0.29) is 23.0 Å². The number of halogens is 4. The minimum atomic E-state index is -2.73. The Morgan fingerprint density at radius 1 is 1.31 bits per heavy atom. The molecule has 29 heavy (non-hydrogen) atoms. The second-order valence-electron chi connectivity index (χ2n) is 5.70. The van der Waals surface area contributed by atoms with E-state index in [1.807, 2.05) is 28.1 Å². The number of aromatic amines is 1. The van der Waals surface area contributed by atoms with Gasteiger partial charge in [-0.3, -0.25) is 9.44 Å². The quantitative estimate of drug-likeness (QED) is 0.191. The van der Waals surface area contributed by atoms with Gasteiger partial charge in [0.25, 0.3) is 6.43 Å². The van der Waals surface area contributed by atoms with Crippen molar-refractivity contribution >= 4 is 62.6 Å². The third-order valence-corrected chi connectivity index (χ3v) is 6.30. The van der Waals surface area contributed by atoms with Crippen LogP contribution >= 0.6 is 40.0 Å². The maximum Gasteiger partial charge on any atom is 0.295 e. The number of para-hydroxylation sites is 1. The van der Waals surface area contributed by atoms with Crippen LogP contribution in [0.25, 0.3) is 22.6 Å². The van der Waals surface area contributed by atoms with Gasteiger partial charge in [-0.05, 0) is 34.2 Å². The number of anilines is 2. The van der Waals surface area contributed by atoms with Crippen molar-refractivity contribution in [1.29, 1.82) is 0 Å². The fourth-order valence-corrected chi connectivity index (χ4v) is 4.97. The molecule has 150 valence electrons. The van der Waals surface area contributed by atoms with Crippen molar-refractivity contribution in [2.75, 3.05) is 12.4 Å². The summed E-state index contributed by atoms with van der Waals surface area (Å²) in [5, 5.41) is 9.98. The van der Waals surface area contributed by atoms with Crippen molar-refractivity contribution in [3.8, 4) is 17.1 Å². The van der Waals surface area contributed by atoms with E-state index in [0.717, 1.165) is 0 Å². The first-order chi connectivity index (χ1) is 14.0. The van der Waals surface area contributed by atoms with Crippen LogP contribution in [0.4, 0.5) is 20.2 Å². The molecule has 1 unspecified atom stereocenters. The number of imidazole rings is 1. The van der Waals surface area contributed by atoms with Crippen molar-refractivity contribution in [3.05, 3.63) is 41.6 Å². The molecule has 2 N–H and O–H groups in total. The summed E-state index contributed by atoms with van der Waals surface area (Å²) in [7, 11) is 1.52. The second kappa shape index (κ2) is 8.33. The summed E-state index contributed by atoms with van der Waals surface area (Å²) < 4.78 is 33.8. The van der Waals surface area contributed by atoms with Crippen LogP contribution in [0, 0.1) is 0 Å². The minimum absolute atomic E-state index is 0.00777. The Bertz CT molecular complexity index is 1170. The van der Waals surface area contributed by atoms with E-state index >= 15 is 0 Å². The lowest BCUT2D eigenvalue weighted by Crippen LogP contribution is -1.99. The van der Waals surface area contributed by atoms with Gasteiger partial charge in [0.1, 0.15) is 17.0 Å². The van der Waals surface area contributed by atoms with Crippen molar-refractivity contribution < 1.29 is 13.5 Å². The van der Waals surface area contributed by atoms with Crippen molar-refractivity contribution in [3.63, 3.8) is 0 Å². The molecular weight excluding hydrogens is 538 g/mol. The molecular formula is C16H12ClF2IN7OP. The molecule has 0 fully saturated rings. The zero-order valence-corrected chi connectivity index (χ0v) is 18.5. The van der Waals surface area contributed by atoms with Crippen LogP contribution in [-0.4, -0.2) is 36.6 Å². The van der Waals surface area contributed by atoms with Gasteiger partial charge in [-0.25, -0.2) is 23.7 Å². The summed E-state index contributed by atoms with van der Waals surface area (Å²) in [4.78, 5) is 12.5. The van der Waals surface area contributed by atoms with E-state index < -0.39 is 6.43 Å². The highest BCUT2D eigenvalue weighted by atomic mass is 127. The zero-order valence-electron chi connectivity index (χ0n) is 14.6. The van der Waals surface area contributed by atoms with Crippen LogP contribution in [-0.2, 0) is 0 Å². The summed E-state index contributed by atoms with van der Waals surface area (Å²) >= 11 is 8.16. The Kier molecular flexibility index (Phi) is 5.79. The number of hydrogen-bond donors (Lipinski definition) is 2. The number of rotatable bonds is 6. The lowest BCUT2D eigenvalue weighted by molar-refractivity contribution is 0.140. The molecule has 0 aliphatic carbocycles. The molecule has 13 heteroatoms. The fourth-order valence-electron chi connectivity index (χ4n) is 2.88. The van der Waals surface area contributed by atoms with Crippen LogP contribution < -0.4 is 10.1 Å². The summed E-state index contributed by atoms with van der Waals surface area (Å²) in [5.41, 5.74) is 2.27. The van der Waals surface area contributed by atoms with Crippen LogP contribution in [0.3, 0.4) is 0 Å². The number of methoxy groups -OCH3 is 1. The normalized spacial score (nSPS) is 11.8. The summed E-state index contributed by atoms with van der Waals surface area (Å²) in [6.07, 6.45) is -1.35. The molecule has 0 spiro atoms. The molecule has 0 radical (unpaired) electrons. The molecule has 0 saturated carbocycles. The lowest BCUT2D eigenvalue weighted by Gasteiger charge is -2.14. The molecule has 0 saturated heterocycles. The highest BCUT2D eigenvalue weighted by Crippen LogP contribution is 2.40. The van der Waals surface area contributed by atoms with Gasteiger partial charge in [0.2, 0.25) is 0 Å². The number of ether oxygens (including phenoxy) is 1. The molecule has 4 rings (SSSR count). The van der Waals surface area contributed by atoms with E-state index in [1.54, 1.807) is 12.1 Å². The van der Waals surface area contributed by atoms with Crippen LogP contribution in [0.15, 0.2) is 30.6 Å². The topological polar surface area (TPSA) is 93.5 Å². The monoisotopic (exact) mass is 549 g/mol. The van der Waals surface area contributed by atoms with E-state index in [4.69, 9.17) is 16.3 Å². The highest BCUT2D eigenvalue weighted by molar-refractivity contribution is 14.2. The number of pyridine rings is 1. The highest BCUT2D eigenvalue weighted by Gasteiger charge is 2.23. The van der Waals surface area contributed by atoms with Crippen molar-refractivity contribution in [1.82, 2.24) is 29.5 Å². The Morgan fingerprint density at radius 2 is 2.14 bits per heavy atom. The van der Waals surface area contributed by atoms with Crippen molar-refractivity contribution in [2.24, 2.45) is 0 Å². The lowest BCUT2D eigenvalue weighted by atomic mass is 10.1. The van der Waals surface area contributed by atoms with Gasteiger partial charge in [-0.2, -0.15) is 5.10 Å². The van der Waals surface area contributed by atoms with Gasteiger partial charge in [0, 0.05) is 6.07 Å². The average Bonchev–Trinajstić information content (AvgIpc) is 3.35. The van der Waals surface area contributed by atoms with E-state index in [2.05, 4.69) is 30.5 Å². The van der Waals surface area contributed by atoms with Gasteiger partial charge < -0.3 is 10.1 Å². The molecule has 3 heterocycles. The molecule has 0 bridgehead atoms. The van der Waals surface area contributed by atoms with Gasteiger partial charge in [-0.15, -0.1) is 0 Å². The number of nitrogens with zero attached hydrogens (tertiary/aromatic N) is 5. The van der Waals surface area contributed by atoms with Crippen LogP contribution in [0.1, 0.15) is 12.2 Å². The van der Waals surface area contributed by atoms with Gasteiger partial charge >= 0.3 is 0 Å².